The molecular weight excluding hydrogens is 314 g/mol. The zero-order valence-corrected chi connectivity index (χ0v) is 14.0. The van der Waals surface area contributed by atoms with Crippen LogP contribution in [0, 0.1) is 5.92 Å². The van der Waals surface area contributed by atoms with Gasteiger partial charge >= 0.3 is 0 Å². The fraction of sp³-hybridized carbons (Fsp3) is 0.300. The van der Waals surface area contributed by atoms with Crippen LogP contribution in [0.15, 0.2) is 54.9 Å². The van der Waals surface area contributed by atoms with Crippen LogP contribution < -0.4 is 0 Å². The molecule has 1 aliphatic heterocycles. The molecule has 0 spiro atoms. The van der Waals surface area contributed by atoms with Crippen molar-refractivity contribution in [2.45, 2.75) is 19.4 Å². The molecule has 25 heavy (non-hydrogen) atoms. The maximum Gasteiger partial charge on any atom is 0.257 e. The van der Waals surface area contributed by atoms with E-state index in [4.69, 9.17) is 0 Å². The van der Waals surface area contributed by atoms with Crippen LogP contribution in [0.25, 0.3) is 5.52 Å². The molecule has 5 nitrogen and oxygen atoms in total. The Labute approximate surface area is 146 Å². The highest BCUT2D eigenvalue weighted by Crippen LogP contribution is 2.24. The van der Waals surface area contributed by atoms with E-state index in [9.17, 15) is 9.90 Å². The van der Waals surface area contributed by atoms with Crippen molar-refractivity contribution >= 4 is 11.4 Å². The van der Waals surface area contributed by atoms with Crippen LogP contribution in [0.4, 0.5) is 0 Å². The summed E-state index contributed by atoms with van der Waals surface area (Å²) in [5.41, 5.74) is 3.69. The van der Waals surface area contributed by atoms with Crippen LogP contribution in [-0.4, -0.2) is 38.6 Å². The normalized spacial score (nSPS) is 17.3. The average Bonchev–Trinajstić information content (AvgIpc) is 3.28. The third-order valence-electron chi connectivity index (χ3n) is 4.93. The van der Waals surface area contributed by atoms with Gasteiger partial charge in [-0.2, -0.15) is 5.10 Å². The number of amides is 1. The van der Waals surface area contributed by atoms with Gasteiger partial charge in [0.2, 0.25) is 0 Å². The van der Waals surface area contributed by atoms with Gasteiger partial charge in [0.15, 0.2) is 0 Å². The summed E-state index contributed by atoms with van der Waals surface area (Å²) < 4.78 is 1.74. The topological polar surface area (TPSA) is 57.8 Å². The Kier molecular flexibility index (Phi) is 4.24. The lowest BCUT2D eigenvalue weighted by atomic mass is 9.97. The van der Waals surface area contributed by atoms with Crippen molar-refractivity contribution in [1.82, 2.24) is 14.5 Å². The summed E-state index contributed by atoms with van der Waals surface area (Å²) in [6.07, 6.45) is 5.46. The van der Waals surface area contributed by atoms with E-state index in [0.29, 0.717) is 11.5 Å². The highest BCUT2D eigenvalue weighted by Gasteiger charge is 2.28. The number of hydrogen-bond donors (Lipinski definition) is 1. The second kappa shape index (κ2) is 6.69. The number of hydrogen-bond acceptors (Lipinski definition) is 3. The number of pyridine rings is 1. The van der Waals surface area contributed by atoms with Crippen LogP contribution in [-0.2, 0) is 13.0 Å². The quantitative estimate of drug-likeness (QED) is 0.797. The smallest absolute Gasteiger partial charge is 0.257 e. The summed E-state index contributed by atoms with van der Waals surface area (Å²) in [6.45, 7) is 1.62. The molecule has 1 aromatic carbocycles. The highest BCUT2D eigenvalue weighted by atomic mass is 16.3. The van der Waals surface area contributed by atoms with Crippen molar-refractivity contribution in [3.8, 4) is 0 Å². The maximum atomic E-state index is 12.9. The number of nitrogens with zero attached hydrogens (tertiary/aromatic N) is 3. The van der Waals surface area contributed by atoms with Gasteiger partial charge in [-0.3, -0.25) is 4.79 Å². The second-order valence-corrected chi connectivity index (χ2v) is 6.68. The van der Waals surface area contributed by atoms with E-state index in [1.807, 2.05) is 41.4 Å². The Morgan fingerprint density at radius 3 is 2.96 bits per heavy atom. The van der Waals surface area contributed by atoms with Crippen molar-refractivity contribution in [2.24, 2.45) is 5.92 Å². The Morgan fingerprint density at radius 2 is 2.08 bits per heavy atom. The van der Waals surface area contributed by atoms with Crippen molar-refractivity contribution in [2.75, 3.05) is 13.1 Å². The Bertz CT molecular complexity index is 903. The molecule has 1 aliphatic rings. The first-order valence-electron chi connectivity index (χ1n) is 8.65. The minimum Gasteiger partial charge on any atom is -0.392 e. The lowest BCUT2D eigenvalue weighted by Crippen LogP contribution is -2.28. The fourth-order valence-corrected chi connectivity index (χ4v) is 3.64. The molecule has 1 atom stereocenters. The molecular formula is C20H21N3O2. The van der Waals surface area contributed by atoms with Crippen LogP contribution in [0.3, 0.4) is 0 Å². The third-order valence-corrected chi connectivity index (χ3v) is 4.93. The molecule has 1 saturated heterocycles. The van der Waals surface area contributed by atoms with Crippen LogP contribution >= 0.6 is 0 Å². The fourth-order valence-electron chi connectivity index (χ4n) is 3.64. The van der Waals surface area contributed by atoms with E-state index in [2.05, 4.69) is 17.2 Å². The van der Waals surface area contributed by atoms with Crippen LogP contribution in [0.1, 0.15) is 27.9 Å². The van der Waals surface area contributed by atoms with E-state index in [0.717, 1.165) is 37.0 Å². The Morgan fingerprint density at radius 1 is 1.20 bits per heavy atom. The first-order chi connectivity index (χ1) is 12.2. The Hall–Kier alpha value is -2.66. The van der Waals surface area contributed by atoms with Crippen LogP contribution in [0.5, 0.6) is 0 Å². The van der Waals surface area contributed by atoms with Gasteiger partial charge in [0.05, 0.1) is 23.9 Å². The molecule has 1 amide bonds. The molecule has 2 aromatic heterocycles. The van der Waals surface area contributed by atoms with Crippen molar-refractivity contribution in [1.29, 1.82) is 0 Å². The number of fused-ring (bicyclic) bond motifs is 1. The summed E-state index contributed by atoms with van der Waals surface area (Å²) in [7, 11) is 0. The molecule has 1 N–H and O–H groups in total. The number of likely N-dealkylation sites (tertiary alicyclic amines) is 1. The Balaban J connectivity index is 1.46. The molecule has 0 unspecified atom stereocenters. The lowest BCUT2D eigenvalue weighted by Gasteiger charge is -2.16. The van der Waals surface area contributed by atoms with Gasteiger partial charge in [0.25, 0.3) is 5.91 Å². The average molecular weight is 335 g/mol. The number of aliphatic hydroxyl groups is 1. The standard InChI is InChI=1S/C20H21N3O2/c24-14-17-5-3-4-15(11-17)10-16-7-9-22(13-16)20(25)18-12-21-23-8-2-1-6-19(18)23/h1-6,8,11-12,16,24H,7,9-10,13-14H2/t16-/m0/s1. The monoisotopic (exact) mass is 335 g/mol. The number of rotatable bonds is 4. The maximum absolute atomic E-state index is 12.9. The first kappa shape index (κ1) is 15.8. The van der Waals surface area contributed by atoms with Gasteiger partial charge < -0.3 is 10.0 Å². The molecule has 0 saturated carbocycles. The zero-order valence-electron chi connectivity index (χ0n) is 14.0. The summed E-state index contributed by atoms with van der Waals surface area (Å²) in [4.78, 5) is 14.8. The molecule has 3 aromatic rings. The van der Waals surface area contributed by atoms with Gasteiger partial charge in [-0.05, 0) is 42.0 Å². The largest absolute Gasteiger partial charge is 0.392 e. The summed E-state index contributed by atoms with van der Waals surface area (Å²) in [5, 5.41) is 13.5. The minimum atomic E-state index is 0.0628. The summed E-state index contributed by atoms with van der Waals surface area (Å²) >= 11 is 0. The van der Waals surface area contributed by atoms with Gasteiger partial charge in [-0.1, -0.05) is 30.3 Å². The van der Waals surface area contributed by atoms with Gasteiger partial charge in [-0.25, -0.2) is 4.52 Å². The number of benzene rings is 1. The summed E-state index contributed by atoms with van der Waals surface area (Å²) in [5.74, 6) is 0.521. The molecule has 0 bridgehead atoms. The number of carbonyl (C=O) groups excluding carboxylic acids is 1. The lowest BCUT2D eigenvalue weighted by molar-refractivity contribution is 0.0789. The second-order valence-electron chi connectivity index (χ2n) is 6.68. The third kappa shape index (κ3) is 3.15. The molecule has 4 rings (SSSR count). The number of carbonyl (C=O) groups is 1. The van der Waals surface area contributed by atoms with Crippen molar-refractivity contribution in [3.05, 3.63) is 71.5 Å². The molecule has 5 heteroatoms. The molecule has 0 aliphatic carbocycles. The molecule has 3 heterocycles. The van der Waals surface area contributed by atoms with Gasteiger partial charge in [-0.15, -0.1) is 0 Å². The van der Waals surface area contributed by atoms with Crippen molar-refractivity contribution < 1.29 is 9.90 Å². The van der Waals surface area contributed by atoms with E-state index in [-0.39, 0.29) is 12.5 Å². The molecule has 128 valence electrons. The van der Waals surface area contributed by atoms with Gasteiger partial charge in [0.1, 0.15) is 0 Å². The number of aromatic nitrogens is 2. The predicted molar refractivity (Wildman–Crippen MR) is 95.3 cm³/mol. The van der Waals surface area contributed by atoms with E-state index >= 15 is 0 Å². The zero-order chi connectivity index (χ0) is 17.2. The van der Waals surface area contributed by atoms with E-state index < -0.39 is 0 Å². The van der Waals surface area contributed by atoms with E-state index in [1.54, 1.807) is 10.7 Å². The van der Waals surface area contributed by atoms with E-state index in [1.165, 1.54) is 5.56 Å². The predicted octanol–water partition coefficient (Wildman–Crippen LogP) is 2.53. The number of aliphatic hydroxyl groups excluding tert-OH is 1. The summed E-state index contributed by atoms with van der Waals surface area (Å²) in [6, 6.07) is 13.8. The van der Waals surface area contributed by atoms with Gasteiger partial charge in [0, 0.05) is 19.3 Å². The van der Waals surface area contributed by atoms with Crippen LogP contribution in [0.2, 0.25) is 0 Å². The molecule has 1 fully saturated rings. The highest BCUT2D eigenvalue weighted by molar-refractivity contribution is 6.00. The first-order valence-corrected chi connectivity index (χ1v) is 8.65. The van der Waals surface area contributed by atoms with Crippen molar-refractivity contribution in [3.63, 3.8) is 0 Å². The minimum absolute atomic E-state index is 0.0628. The SMILES string of the molecule is O=C(c1cnn2ccccc12)N1CC[C@@H](Cc2cccc(CO)c2)C1. The molecule has 0 radical (unpaired) electrons.